The van der Waals surface area contributed by atoms with E-state index in [0.717, 1.165) is 5.56 Å². The van der Waals surface area contributed by atoms with E-state index in [1.807, 2.05) is 6.07 Å². The number of hydrogen-bond acceptors (Lipinski definition) is 4. The Morgan fingerprint density at radius 1 is 1.38 bits per heavy atom. The molecule has 2 aromatic rings. The van der Waals surface area contributed by atoms with Gasteiger partial charge in [0.2, 0.25) is 5.91 Å². The lowest BCUT2D eigenvalue weighted by Crippen LogP contribution is -2.37. The Morgan fingerprint density at radius 3 is 2.71 bits per heavy atom. The number of anilines is 1. The maximum atomic E-state index is 12.4. The molecule has 0 spiro atoms. The Balaban J connectivity index is 2.21. The number of nitrogens with two attached hydrogens (primary N) is 2. The van der Waals surface area contributed by atoms with E-state index in [0.29, 0.717) is 11.3 Å². The van der Waals surface area contributed by atoms with Crippen molar-refractivity contribution in [3.05, 3.63) is 47.8 Å². The highest BCUT2D eigenvalue weighted by Crippen LogP contribution is 2.12. The number of benzene rings is 1. The minimum atomic E-state index is -0.573. The van der Waals surface area contributed by atoms with E-state index in [1.165, 1.54) is 15.8 Å². The molecule has 0 aliphatic rings. The lowest BCUT2D eigenvalue weighted by atomic mass is 10.1. The Labute approximate surface area is 122 Å². The molecule has 0 saturated carbocycles. The Hall–Kier alpha value is -2.83. The summed E-state index contributed by atoms with van der Waals surface area (Å²) in [4.78, 5) is 25.0. The second-order valence-corrected chi connectivity index (χ2v) is 4.78. The van der Waals surface area contributed by atoms with Crippen LogP contribution < -0.4 is 11.5 Å². The van der Waals surface area contributed by atoms with Crippen LogP contribution in [0.25, 0.3) is 0 Å². The first-order valence-corrected chi connectivity index (χ1v) is 6.36. The Morgan fingerprint density at radius 2 is 2.14 bits per heavy atom. The number of rotatable bonds is 5. The van der Waals surface area contributed by atoms with Gasteiger partial charge >= 0.3 is 0 Å². The van der Waals surface area contributed by atoms with Gasteiger partial charge in [-0.25, -0.2) is 0 Å². The van der Waals surface area contributed by atoms with Crippen LogP contribution in [0, 0.1) is 0 Å². The molecule has 0 saturated heterocycles. The van der Waals surface area contributed by atoms with E-state index < -0.39 is 5.91 Å². The van der Waals surface area contributed by atoms with Gasteiger partial charge in [-0.05, 0) is 17.7 Å². The smallest absolute Gasteiger partial charge is 0.257 e. The number of carbonyl (C=O) groups is 2. The van der Waals surface area contributed by atoms with E-state index in [-0.39, 0.29) is 19.0 Å². The first kappa shape index (κ1) is 14.6. The minimum Gasteiger partial charge on any atom is -0.399 e. The van der Waals surface area contributed by atoms with E-state index in [2.05, 4.69) is 5.10 Å². The van der Waals surface area contributed by atoms with Crippen molar-refractivity contribution in [2.45, 2.75) is 6.54 Å². The molecule has 2 rings (SSSR count). The average Bonchev–Trinajstić information content (AvgIpc) is 2.83. The molecule has 4 N–H and O–H groups in total. The molecule has 0 radical (unpaired) electrons. The summed E-state index contributed by atoms with van der Waals surface area (Å²) in [6.07, 6.45) is 3.05. The number of primary amides is 1. The maximum Gasteiger partial charge on any atom is 0.257 e. The Kier molecular flexibility index (Phi) is 4.22. The molecule has 0 aliphatic heterocycles. The SMILES string of the molecule is Cn1cc(C(=O)N(CC(N)=O)Cc2cccc(N)c2)cn1. The summed E-state index contributed by atoms with van der Waals surface area (Å²) >= 11 is 0. The molecule has 110 valence electrons. The monoisotopic (exact) mass is 287 g/mol. The van der Waals surface area contributed by atoms with E-state index in [4.69, 9.17) is 11.5 Å². The number of carbonyl (C=O) groups excluding carboxylic acids is 2. The van der Waals surface area contributed by atoms with Crippen LogP contribution in [0.4, 0.5) is 5.69 Å². The van der Waals surface area contributed by atoms with Crippen LogP contribution in [-0.4, -0.2) is 33.0 Å². The third-order valence-electron chi connectivity index (χ3n) is 2.91. The van der Waals surface area contributed by atoms with Crippen molar-refractivity contribution in [1.29, 1.82) is 0 Å². The summed E-state index contributed by atoms with van der Waals surface area (Å²) < 4.78 is 1.52. The van der Waals surface area contributed by atoms with Gasteiger partial charge in [0.05, 0.1) is 18.3 Å². The van der Waals surface area contributed by atoms with Crippen LogP contribution in [-0.2, 0) is 18.4 Å². The largest absolute Gasteiger partial charge is 0.399 e. The molecule has 1 aromatic carbocycles. The van der Waals surface area contributed by atoms with Gasteiger partial charge in [-0.1, -0.05) is 12.1 Å². The van der Waals surface area contributed by atoms with Crippen molar-refractivity contribution in [2.24, 2.45) is 12.8 Å². The molecule has 21 heavy (non-hydrogen) atoms. The second kappa shape index (κ2) is 6.08. The van der Waals surface area contributed by atoms with Gasteiger partial charge in [0, 0.05) is 25.5 Å². The zero-order valence-corrected chi connectivity index (χ0v) is 11.7. The Bertz CT molecular complexity index is 665. The number of hydrogen-bond donors (Lipinski definition) is 2. The minimum absolute atomic E-state index is 0.164. The predicted molar refractivity (Wildman–Crippen MR) is 78.0 cm³/mol. The van der Waals surface area contributed by atoms with Crippen LogP contribution in [0.2, 0.25) is 0 Å². The molecule has 0 unspecified atom stereocenters. The molecular weight excluding hydrogens is 270 g/mol. The summed E-state index contributed by atoms with van der Waals surface area (Å²) in [5, 5.41) is 3.95. The van der Waals surface area contributed by atoms with Gasteiger partial charge in [-0.15, -0.1) is 0 Å². The van der Waals surface area contributed by atoms with Crippen LogP contribution in [0.3, 0.4) is 0 Å². The summed E-state index contributed by atoms with van der Waals surface area (Å²) in [6, 6.07) is 7.14. The quantitative estimate of drug-likeness (QED) is 0.762. The molecule has 1 heterocycles. The molecule has 0 atom stereocenters. The number of nitrogen functional groups attached to an aromatic ring is 1. The topological polar surface area (TPSA) is 107 Å². The van der Waals surface area contributed by atoms with Gasteiger partial charge in [0.1, 0.15) is 0 Å². The highest BCUT2D eigenvalue weighted by Gasteiger charge is 2.19. The fourth-order valence-corrected chi connectivity index (χ4v) is 2.01. The summed E-state index contributed by atoms with van der Waals surface area (Å²) in [5.41, 5.74) is 12.8. The molecular formula is C14H17N5O2. The van der Waals surface area contributed by atoms with E-state index in [9.17, 15) is 9.59 Å². The zero-order chi connectivity index (χ0) is 15.4. The first-order chi connectivity index (χ1) is 9.95. The zero-order valence-electron chi connectivity index (χ0n) is 11.7. The van der Waals surface area contributed by atoms with Gasteiger partial charge in [0.15, 0.2) is 0 Å². The highest BCUT2D eigenvalue weighted by atomic mass is 16.2. The van der Waals surface area contributed by atoms with Crippen LogP contribution in [0.5, 0.6) is 0 Å². The fourth-order valence-electron chi connectivity index (χ4n) is 2.01. The van der Waals surface area contributed by atoms with Crippen molar-refractivity contribution in [2.75, 3.05) is 12.3 Å². The maximum absolute atomic E-state index is 12.4. The average molecular weight is 287 g/mol. The first-order valence-electron chi connectivity index (χ1n) is 6.36. The van der Waals surface area contributed by atoms with E-state index in [1.54, 1.807) is 31.4 Å². The number of aryl methyl sites for hydroxylation is 1. The van der Waals surface area contributed by atoms with Crippen LogP contribution in [0.1, 0.15) is 15.9 Å². The number of nitrogens with zero attached hydrogens (tertiary/aromatic N) is 3. The van der Waals surface area contributed by atoms with Gasteiger partial charge in [0.25, 0.3) is 5.91 Å². The van der Waals surface area contributed by atoms with Crippen molar-refractivity contribution < 1.29 is 9.59 Å². The van der Waals surface area contributed by atoms with Crippen molar-refractivity contribution >= 4 is 17.5 Å². The molecule has 7 heteroatoms. The summed E-state index contributed by atoms with van der Waals surface area (Å²) in [7, 11) is 1.72. The van der Waals surface area contributed by atoms with Crippen LogP contribution >= 0.6 is 0 Å². The third-order valence-corrected chi connectivity index (χ3v) is 2.91. The van der Waals surface area contributed by atoms with Crippen molar-refractivity contribution in [1.82, 2.24) is 14.7 Å². The standard InChI is InChI=1S/C14H17N5O2/c1-18-8-11(6-17-18)14(21)19(9-13(16)20)7-10-3-2-4-12(15)5-10/h2-6,8H,7,9,15H2,1H3,(H2,16,20). The predicted octanol–water partition coefficient (Wildman–Crippen LogP) is 0.130. The summed E-state index contributed by atoms with van der Waals surface area (Å²) in [6.45, 7) is 0.0875. The number of amides is 2. The third kappa shape index (κ3) is 3.82. The molecule has 0 bridgehead atoms. The molecule has 7 nitrogen and oxygen atoms in total. The number of aromatic nitrogens is 2. The van der Waals surface area contributed by atoms with Gasteiger partial charge in [-0.2, -0.15) is 5.10 Å². The normalized spacial score (nSPS) is 10.3. The van der Waals surface area contributed by atoms with E-state index >= 15 is 0 Å². The van der Waals surface area contributed by atoms with Gasteiger partial charge in [-0.3, -0.25) is 14.3 Å². The lowest BCUT2D eigenvalue weighted by molar-refractivity contribution is -0.118. The van der Waals surface area contributed by atoms with Gasteiger partial charge < -0.3 is 16.4 Å². The van der Waals surface area contributed by atoms with Crippen molar-refractivity contribution in [3.63, 3.8) is 0 Å². The second-order valence-electron chi connectivity index (χ2n) is 4.78. The fraction of sp³-hybridized carbons (Fsp3) is 0.214. The van der Waals surface area contributed by atoms with Crippen molar-refractivity contribution in [3.8, 4) is 0 Å². The molecule has 2 amide bonds. The molecule has 1 aromatic heterocycles. The summed E-state index contributed by atoms with van der Waals surface area (Å²) in [5.74, 6) is -0.875. The molecule has 0 aliphatic carbocycles. The van der Waals surface area contributed by atoms with Crippen LogP contribution in [0.15, 0.2) is 36.7 Å². The lowest BCUT2D eigenvalue weighted by Gasteiger charge is -2.20. The molecule has 0 fully saturated rings. The highest BCUT2D eigenvalue weighted by molar-refractivity contribution is 5.95.